The summed E-state index contributed by atoms with van der Waals surface area (Å²) < 4.78 is 11.3. The lowest BCUT2D eigenvalue weighted by atomic mass is 9.95. The van der Waals surface area contributed by atoms with Crippen molar-refractivity contribution in [3.63, 3.8) is 0 Å². The highest BCUT2D eigenvalue weighted by molar-refractivity contribution is 7.98. The highest BCUT2D eigenvalue weighted by Crippen LogP contribution is 2.30. The van der Waals surface area contributed by atoms with Gasteiger partial charge in [-0.05, 0) is 30.4 Å². The maximum atomic E-state index is 5.69. The summed E-state index contributed by atoms with van der Waals surface area (Å²) in [4.78, 5) is 3.88. The Labute approximate surface area is 119 Å². The lowest BCUT2D eigenvalue weighted by molar-refractivity contribution is -0.0749. The van der Waals surface area contributed by atoms with Gasteiger partial charge in [0.1, 0.15) is 0 Å². The molecule has 0 aromatic heterocycles. The van der Waals surface area contributed by atoms with Gasteiger partial charge >= 0.3 is 0 Å². The Kier molecular flexibility index (Phi) is 4.12. The second-order valence-corrected chi connectivity index (χ2v) is 6.23. The van der Waals surface area contributed by atoms with Crippen molar-refractivity contribution in [3.05, 3.63) is 29.8 Å². The van der Waals surface area contributed by atoms with Gasteiger partial charge in [-0.25, -0.2) is 0 Å². The van der Waals surface area contributed by atoms with Crippen LogP contribution in [-0.2, 0) is 16.0 Å². The van der Waals surface area contributed by atoms with Gasteiger partial charge in [-0.3, -0.25) is 4.90 Å². The van der Waals surface area contributed by atoms with Gasteiger partial charge < -0.3 is 9.47 Å². The molecule has 104 valence electrons. The van der Waals surface area contributed by atoms with Gasteiger partial charge in [0.15, 0.2) is 0 Å². The molecule has 0 aliphatic carbocycles. The molecule has 3 rings (SSSR count). The first kappa shape index (κ1) is 13.4. The summed E-state index contributed by atoms with van der Waals surface area (Å²) in [6.07, 6.45) is 3.21. The fourth-order valence-electron chi connectivity index (χ4n) is 2.92. The molecule has 1 atom stereocenters. The third-order valence-electron chi connectivity index (χ3n) is 4.16. The maximum Gasteiger partial charge on any atom is 0.0704 e. The molecule has 2 aliphatic rings. The zero-order valence-corrected chi connectivity index (χ0v) is 12.2. The van der Waals surface area contributed by atoms with Crippen LogP contribution in [0, 0.1) is 0 Å². The van der Waals surface area contributed by atoms with E-state index in [4.69, 9.17) is 9.47 Å². The molecule has 1 aromatic rings. The summed E-state index contributed by atoms with van der Waals surface area (Å²) in [6, 6.07) is 8.89. The summed E-state index contributed by atoms with van der Waals surface area (Å²) in [6.45, 7) is 5.34. The van der Waals surface area contributed by atoms with Gasteiger partial charge in [-0.2, -0.15) is 0 Å². The molecule has 19 heavy (non-hydrogen) atoms. The molecule has 0 N–H and O–H groups in total. The highest BCUT2D eigenvalue weighted by atomic mass is 32.2. The third kappa shape index (κ3) is 2.82. The Morgan fingerprint density at radius 1 is 1.16 bits per heavy atom. The number of hydrogen-bond donors (Lipinski definition) is 0. The first-order chi connectivity index (χ1) is 9.32. The lowest BCUT2D eigenvalue weighted by Crippen LogP contribution is -2.56. The van der Waals surface area contributed by atoms with Crippen LogP contribution >= 0.6 is 11.8 Å². The molecule has 0 radical (unpaired) electrons. The monoisotopic (exact) mass is 279 g/mol. The summed E-state index contributed by atoms with van der Waals surface area (Å²) in [5, 5.41) is 0. The Morgan fingerprint density at radius 3 is 2.58 bits per heavy atom. The van der Waals surface area contributed by atoms with Crippen molar-refractivity contribution in [3.8, 4) is 0 Å². The van der Waals surface area contributed by atoms with E-state index in [9.17, 15) is 0 Å². The van der Waals surface area contributed by atoms with Crippen LogP contribution in [0.4, 0.5) is 0 Å². The van der Waals surface area contributed by atoms with Gasteiger partial charge in [0.2, 0.25) is 0 Å². The van der Waals surface area contributed by atoms with Gasteiger partial charge in [-0.1, -0.05) is 12.1 Å². The minimum Gasteiger partial charge on any atom is -0.379 e. The van der Waals surface area contributed by atoms with Gasteiger partial charge in [0.25, 0.3) is 0 Å². The number of hydrogen-bond acceptors (Lipinski definition) is 4. The number of ether oxygens (including phenoxy) is 2. The number of benzene rings is 1. The molecular weight excluding hydrogens is 258 g/mol. The van der Waals surface area contributed by atoms with Crippen LogP contribution in [0.3, 0.4) is 0 Å². The Morgan fingerprint density at radius 2 is 1.89 bits per heavy atom. The zero-order chi connectivity index (χ0) is 13.1. The third-order valence-corrected chi connectivity index (χ3v) is 4.91. The van der Waals surface area contributed by atoms with E-state index in [1.54, 1.807) is 11.8 Å². The molecule has 1 aromatic carbocycles. The number of thioether (sulfide) groups is 1. The largest absolute Gasteiger partial charge is 0.379 e. The first-order valence-corrected chi connectivity index (χ1v) is 8.08. The predicted octanol–water partition coefficient (Wildman–Crippen LogP) is 2.40. The zero-order valence-electron chi connectivity index (χ0n) is 11.4. The van der Waals surface area contributed by atoms with Crippen molar-refractivity contribution in [2.75, 3.05) is 39.2 Å². The first-order valence-electron chi connectivity index (χ1n) is 6.86. The molecule has 2 aliphatic heterocycles. The molecule has 1 unspecified atom stereocenters. The Bertz CT molecular complexity index is 415. The predicted molar refractivity (Wildman–Crippen MR) is 77.6 cm³/mol. The number of rotatable bonds is 3. The summed E-state index contributed by atoms with van der Waals surface area (Å²) in [5.41, 5.74) is 1.50. The number of morpholine rings is 1. The van der Waals surface area contributed by atoms with Crippen LogP contribution in [0.25, 0.3) is 0 Å². The maximum absolute atomic E-state index is 5.69. The molecule has 0 bridgehead atoms. The minimum absolute atomic E-state index is 0.121. The summed E-state index contributed by atoms with van der Waals surface area (Å²) in [7, 11) is 0. The molecule has 3 nitrogen and oxygen atoms in total. The van der Waals surface area contributed by atoms with E-state index >= 15 is 0 Å². The van der Waals surface area contributed by atoms with Crippen molar-refractivity contribution in [2.24, 2.45) is 0 Å². The summed E-state index contributed by atoms with van der Waals surface area (Å²) in [5.74, 6) is 0. The van der Waals surface area contributed by atoms with Crippen molar-refractivity contribution in [1.82, 2.24) is 4.90 Å². The molecule has 0 amide bonds. The molecule has 2 saturated heterocycles. The number of nitrogens with zero attached hydrogens (tertiary/aromatic N) is 1. The van der Waals surface area contributed by atoms with E-state index in [-0.39, 0.29) is 5.54 Å². The van der Waals surface area contributed by atoms with E-state index in [0.717, 1.165) is 45.9 Å². The topological polar surface area (TPSA) is 21.7 Å². The molecule has 1 spiro atoms. The average Bonchev–Trinajstić information content (AvgIpc) is 2.92. The van der Waals surface area contributed by atoms with Crippen LogP contribution in [0.5, 0.6) is 0 Å². The second-order valence-electron chi connectivity index (χ2n) is 5.35. The van der Waals surface area contributed by atoms with E-state index in [1.165, 1.54) is 10.5 Å². The second kappa shape index (κ2) is 5.83. The highest BCUT2D eigenvalue weighted by Gasteiger charge is 2.42. The quantitative estimate of drug-likeness (QED) is 0.792. The summed E-state index contributed by atoms with van der Waals surface area (Å²) >= 11 is 1.79. The van der Waals surface area contributed by atoms with Gasteiger partial charge in [0.05, 0.1) is 25.4 Å². The Balaban J connectivity index is 1.72. The van der Waals surface area contributed by atoms with Crippen LogP contribution in [0.2, 0.25) is 0 Å². The van der Waals surface area contributed by atoms with Crippen molar-refractivity contribution in [1.29, 1.82) is 0 Å². The lowest BCUT2D eigenvalue weighted by Gasteiger charge is -2.43. The van der Waals surface area contributed by atoms with Gasteiger partial charge in [-0.15, -0.1) is 11.8 Å². The van der Waals surface area contributed by atoms with E-state index in [0.29, 0.717) is 0 Å². The van der Waals surface area contributed by atoms with Crippen molar-refractivity contribution in [2.45, 2.75) is 23.4 Å². The molecule has 2 heterocycles. The average molecular weight is 279 g/mol. The fraction of sp³-hybridized carbons (Fsp3) is 0.600. The molecule has 4 heteroatoms. The van der Waals surface area contributed by atoms with Crippen LogP contribution < -0.4 is 0 Å². The molecule has 0 saturated carbocycles. The Hall–Kier alpha value is -0.550. The van der Waals surface area contributed by atoms with E-state index in [1.807, 2.05) is 0 Å². The molecule has 2 fully saturated rings. The normalized spacial score (nSPS) is 28.1. The van der Waals surface area contributed by atoms with Crippen molar-refractivity contribution >= 4 is 11.8 Å². The molecular formula is C15H21NO2S. The van der Waals surface area contributed by atoms with Crippen LogP contribution in [0.15, 0.2) is 29.2 Å². The fourth-order valence-corrected chi connectivity index (χ4v) is 3.33. The smallest absolute Gasteiger partial charge is 0.0704 e. The van der Waals surface area contributed by atoms with Crippen LogP contribution in [-0.4, -0.2) is 49.7 Å². The standard InChI is InChI=1S/C15H21NO2S/c1-19-14-4-2-13(3-5-14)10-16-7-9-18-12-15(16)6-8-17-11-15/h2-5H,6-12H2,1H3. The van der Waals surface area contributed by atoms with Gasteiger partial charge in [0, 0.05) is 24.6 Å². The van der Waals surface area contributed by atoms with Crippen molar-refractivity contribution < 1.29 is 9.47 Å². The van der Waals surface area contributed by atoms with E-state index < -0.39 is 0 Å². The minimum atomic E-state index is 0.121. The van der Waals surface area contributed by atoms with Crippen LogP contribution in [0.1, 0.15) is 12.0 Å². The van der Waals surface area contributed by atoms with E-state index in [2.05, 4.69) is 35.4 Å². The SMILES string of the molecule is CSc1ccc(CN2CCOCC23CCOC3)cc1.